The SMILES string of the molecule is CC(=O)O[C@@H]1C(=O)OC[C@@H](C)[C@@H]1c1ccc(C)c(O)c1O. The van der Waals surface area contributed by atoms with Crippen molar-refractivity contribution in [1.29, 1.82) is 0 Å². The van der Waals surface area contributed by atoms with Crippen molar-refractivity contribution in [2.45, 2.75) is 32.8 Å². The monoisotopic (exact) mass is 294 g/mol. The van der Waals surface area contributed by atoms with Gasteiger partial charge in [0.25, 0.3) is 0 Å². The number of hydrogen-bond donors (Lipinski definition) is 2. The molecule has 1 aromatic rings. The number of ether oxygens (including phenoxy) is 2. The van der Waals surface area contributed by atoms with Crippen LogP contribution in [0.1, 0.15) is 30.9 Å². The fourth-order valence-electron chi connectivity index (χ4n) is 2.58. The van der Waals surface area contributed by atoms with E-state index < -0.39 is 24.0 Å². The van der Waals surface area contributed by atoms with Crippen LogP contribution in [0.2, 0.25) is 0 Å². The number of carbonyl (C=O) groups excluding carboxylic acids is 2. The summed E-state index contributed by atoms with van der Waals surface area (Å²) in [5.41, 5.74) is 0.889. The summed E-state index contributed by atoms with van der Waals surface area (Å²) < 4.78 is 10.0. The highest BCUT2D eigenvalue weighted by atomic mass is 16.6. The quantitative estimate of drug-likeness (QED) is 0.636. The summed E-state index contributed by atoms with van der Waals surface area (Å²) in [5, 5.41) is 20.0. The normalized spacial score (nSPS) is 25.3. The molecule has 0 spiro atoms. The van der Waals surface area contributed by atoms with Gasteiger partial charge in [-0.3, -0.25) is 4.79 Å². The second-order valence-corrected chi connectivity index (χ2v) is 5.33. The van der Waals surface area contributed by atoms with Gasteiger partial charge in [0.15, 0.2) is 11.5 Å². The molecule has 0 unspecified atom stereocenters. The molecule has 0 bridgehead atoms. The van der Waals surface area contributed by atoms with E-state index in [9.17, 15) is 19.8 Å². The molecule has 0 aromatic heterocycles. The van der Waals surface area contributed by atoms with Crippen molar-refractivity contribution < 1.29 is 29.3 Å². The molecule has 6 nitrogen and oxygen atoms in total. The van der Waals surface area contributed by atoms with Crippen molar-refractivity contribution in [2.75, 3.05) is 6.61 Å². The number of phenols is 2. The third kappa shape index (κ3) is 2.79. The molecule has 1 aliphatic heterocycles. The minimum absolute atomic E-state index is 0.162. The Balaban J connectivity index is 2.48. The molecule has 1 aliphatic rings. The third-order valence-electron chi connectivity index (χ3n) is 3.70. The summed E-state index contributed by atoms with van der Waals surface area (Å²) in [6.45, 7) is 4.84. The van der Waals surface area contributed by atoms with Crippen LogP contribution < -0.4 is 0 Å². The number of carbonyl (C=O) groups is 2. The van der Waals surface area contributed by atoms with Gasteiger partial charge in [0, 0.05) is 24.3 Å². The molecule has 0 radical (unpaired) electrons. The molecule has 0 saturated carbocycles. The van der Waals surface area contributed by atoms with Gasteiger partial charge in [-0.25, -0.2) is 4.79 Å². The highest BCUT2D eigenvalue weighted by Crippen LogP contribution is 2.43. The Hall–Kier alpha value is -2.24. The lowest BCUT2D eigenvalue weighted by molar-refractivity contribution is -0.177. The number of esters is 2. The molecule has 114 valence electrons. The first-order chi connectivity index (χ1) is 9.82. The van der Waals surface area contributed by atoms with E-state index in [1.807, 2.05) is 6.92 Å². The van der Waals surface area contributed by atoms with Crippen LogP contribution in [0.5, 0.6) is 11.5 Å². The smallest absolute Gasteiger partial charge is 0.348 e. The minimum Gasteiger partial charge on any atom is -0.504 e. The molecule has 1 fully saturated rings. The lowest BCUT2D eigenvalue weighted by Crippen LogP contribution is -2.43. The third-order valence-corrected chi connectivity index (χ3v) is 3.70. The first-order valence-electron chi connectivity index (χ1n) is 6.68. The number of benzene rings is 1. The molecule has 21 heavy (non-hydrogen) atoms. The van der Waals surface area contributed by atoms with Crippen LogP contribution in [0, 0.1) is 12.8 Å². The summed E-state index contributed by atoms with van der Waals surface area (Å²) in [6.07, 6.45) is -1.13. The Morgan fingerprint density at radius 3 is 2.62 bits per heavy atom. The molecule has 2 rings (SSSR count). The summed E-state index contributed by atoms with van der Waals surface area (Å²) in [6, 6.07) is 3.27. The predicted molar refractivity (Wildman–Crippen MR) is 72.9 cm³/mol. The second-order valence-electron chi connectivity index (χ2n) is 5.33. The van der Waals surface area contributed by atoms with Crippen molar-refractivity contribution in [3.63, 3.8) is 0 Å². The molecule has 1 heterocycles. The van der Waals surface area contributed by atoms with E-state index in [-0.39, 0.29) is 24.0 Å². The Kier molecular flexibility index (Phi) is 4.06. The molecule has 3 atom stereocenters. The summed E-state index contributed by atoms with van der Waals surface area (Å²) in [5.74, 6) is -2.51. The minimum atomic E-state index is -1.13. The van der Waals surface area contributed by atoms with Crippen molar-refractivity contribution in [2.24, 2.45) is 5.92 Å². The molecule has 1 saturated heterocycles. The van der Waals surface area contributed by atoms with Gasteiger partial charge >= 0.3 is 11.9 Å². The molecule has 2 N–H and O–H groups in total. The molecule has 0 amide bonds. The molecule has 1 aromatic carbocycles. The van der Waals surface area contributed by atoms with Gasteiger partial charge < -0.3 is 19.7 Å². The van der Waals surface area contributed by atoms with Crippen LogP contribution in [0.3, 0.4) is 0 Å². The zero-order chi connectivity index (χ0) is 15.7. The first kappa shape index (κ1) is 15.2. The first-order valence-corrected chi connectivity index (χ1v) is 6.68. The van der Waals surface area contributed by atoms with Crippen molar-refractivity contribution in [3.8, 4) is 11.5 Å². The fourth-order valence-corrected chi connectivity index (χ4v) is 2.58. The number of aromatic hydroxyl groups is 2. The van der Waals surface area contributed by atoms with Gasteiger partial charge in [-0.05, 0) is 12.5 Å². The van der Waals surface area contributed by atoms with E-state index in [1.54, 1.807) is 19.1 Å². The van der Waals surface area contributed by atoms with Crippen molar-refractivity contribution in [1.82, 2.24) is 0 Å². The van der Waals surface area contributed by atoms with Gasteiger partial charge in [0.05, 0.1) is 6.61 Å². The van der Waals surface area contributed by atoms with Gasteiger partial charge in [-0.2, -0.15) is 0 Å². The number of cyclic esters (lactones) is 1. The Labute approximate surface area is 122 Å². The van der Waals surface area contributed by atoms with Crippen LogP contribution in [-0.4, -0.2) is 34.9 Å². The van der Waals surface area contributed by atoms with Gasteiger partial charge in [-0.1, -0.05) is 19.1 Å². The van der Waals surface area contributed by atoms with Crippen LogP contribution >= 0.6 is 0 Å². The number of rotatable bonds is 2. The number of aryl methyl sites for hydroxylation is 1. The maximum Gasteiger partial charge on any atom is 0.348 e. The zero-order valence-corrected chi connectivity index (χ0v) is 12.1. The predicted octanol–water partition coefficient (Wildman–Crippen LogP) is 1.61. The summed E-state index contributed by atoms with van der Waals surface area (Å²) in [7, 11) is 0. The van der Waals surface area contributed by atoms with Gasteiger partial charge in [0.1, 0.15) is 0 Å². The Bertz CT molecular complexity index is 580. The highest BCUT2D eigenvalue weighted by Gasteiger charge is 2.43. The molecular weight excluding hydrogens is 276 g/mol. The van der Waals surface area contributed by atoms with E-state index in [0.717, 1.165) is 0 Å². The van der Waals surface area contributed by atoms with E-state index in [2.05, 4.69) is 0 Å². The lowest BCUT2D eigenvalue weighted by Gasteiger charge is -2.35. The van der Waals surface area contributed by atoms with E-state index >= 15 is 0 Å². The van der Waals surface area contributed by atoms with Crippen LogP contribution in [-0.2, 0) is 19.1 Å². The highest BCUT2D eigenvalue weighted by molar-refractivity contribution is 5.81. The molecule has 6 heteroatoms. The van der Waals surface area contributed by atoms with Crippen molar-refractivity contribution >= 4 is 11.9 Å². The van der Waals surface area contributed by atoms with Crippen LogP contribution in [0.15, 0.2) is 12.1 Å². The molecular formula is C15H18O6. The van der Waals surface area contributed by atoms with E-state index in [0.29, 0.717) is 11.1 Å². The standard InChI is InChI=1S/C15H18O6/c1-7-4-5-10(13(18)12(7)17)11-8(2)6-20-15(19)14(11)21-9(3)16/h4-5,8,11,14,17-18H,6H2,1-3H3/t8-,11-,14+/m1/s1. The summed E-state index contributed by atoms with van der Waals surface area (Å²) >= 11 is 0. The largest absolute Gasteiger partial charge is 0.504 e. The lowest BCUT2D eigenvalue weighted by atomic mass is 9.80. The Morgan fingerprint density at radius 2 is 2.00 bits per heavy atom. The van der Waals surface area contributed by atoms with Crippen LogP contribution in [0.25, 0.3) is 0 Å². The second kappa shape index (κ2) is 5.63. The molecule has 0 aliphatic carbocycles. The van der Waals surface area contributed by atoms with Gasteiger partial charge in [-0.15, -0.1) is 0 Å². The maximum atomic E-state index is 11.9. The topological polar surface area (TPSA) is 93.1 Å². The fraction of sp³-hybridized carbons (Fsp3) is 0.467. The van der Waals surface area contributed by atoms with Crippen molar-refractivity contribution in [3.05, 3.63) is 23.3 Å². The van der Waals surface area contributed by atoms with E-state index in [4.69, 9.17) is 9.47 Å². The van der Waals surface area contributed by atoms with E-state index in [1.165, 1.54) is 6.92 Å². The number of hydrogen-bond acceptors (Lipinski definition) is 6. The maximum absolute atomic E-state index is 11.9. The average molecular weight is 294 g/mol. The van der Waals surface area contributed by atoms with Gasteiger partial charge in [0.2, 0.25) is 6.10 Å². The Morgan fingerprint density at radius 1 is 1.33 bits per heavy atom. The summed E-state index contributed by atoms with van der Waals surface area (Å²) in [4.78, 5) is 23.1. The number of phenolic OH excluding ortho intramolecular Hbond substituents is 2. The van der Waals surface area contributed by atoms with Crippen LogP contribution in [0.4, 0.5) is 0 Å². The average Bonchev–Trinajstić information content (AvgIpc) is 2.42. The zero-order valence-electron chi connectivity index (χ0n) is 12.1.